The Labute approximate surface area is 309 Å². The number of nitrogens with one attached hydrogen (secondary N) is 3. The topological polar surface area (TPSA) is 137 Å². The fourth-order valence-electron chi connectivity index (χ4n) is 4.86. The van der Waals surface area contributed by atoms with E-state index in [0.717, 1.165) is 67.5 Å². The number of aliphatic carboxylic acids is 1. The van der Waals surface area contributed by atoms with Crippen molar-refractivity contribution in [3.63, 3.8) is 0 Å². The molecular formula is C39H37N5O4S3. The van der Waals surface area contributed by atoms with Crippen LogP contribution < -0.4 is 10.6 Å². The monoisotopic (exact) mass is 735 g/mol. The van der Waals surface area contributed by atoms with Gasteiger partial charge in [-0.15, -0.1) is 11.8 Å². The van der Waals surface area contributed by atoms with Gasteiger partial charge in [0.1, 0.15) is 0 Å². The number of rotatable bonds is 13. The minimum atomic E-state index is -0.935. The van der Waals surface area contributed by atoms with Gasteiger partial charge in [-0.2, -0.15) is 0 Å². The van der Waals surface area contributed by atoms with Gasteiger partial charge < -0.3 is 20.7 Å². The van der Waals surface area contributed by atoms with Crippen LogP contribution in [0.2, 0.25) is 0 Å². The van der Waals surface area contributed by atoms with E-state index in [2.05, 4.69) is 63.7 Å². The average molecular weight is 736 g/mol. The van der Waals surface area contributed by atoms with E-state index in [1.807, 2.05) is 84.9 Å². The predicted octanol–water partition coefficient (Wildman–Crippen LogP) is 8.91. The number of hydrogen-bond acceptors (Lipinski definition) is 8. The lowest BCUT2D eigenvalue weighted by atomic mass is 10.1. The largest absolute Gasteiger partial charge is 0.481 e. The molecule has 4 N–H and O–H groups in total. The number of carbonyl (C=O) groups excluding carboxylic acids is 2. The summed E-state index contributed by atoms with van der Waals surface area (Å²) in [7, 11) is 0. The number of thioether (sulfide) groups is 2. The third-order valence-corrected chi connectivity index (χ3v) is 10.2. The highest BCUT2D eigenvalue weighted by Gasteiger charge is 2.16. The molecule has 0 aliphatic rings. The standard InChI is InChI=1S/C20H21N3OS.C19H16N2O3S2/c1-3-15-6-4-5-7-17(15)22-19(24)13-25-20-21-12-18(23-20)16-10-8-14(2)9-11-16;22-15(11-25-12-16(23)24)20-19-21-17(13-7-3-1-4-8-13)18(26-19)14-9-5-2-6-10-14/h4-12H,3,13H2,1-2H3,(H,21,23)(H,22,24);1-10H,11-12H2,(H,23,24)(H,20,21,22). The van der Waals surface area contributed by atoms with Crippen LogP contribution in [-0.4, -0.2) is 55.1 Å². The summed E-state index contributed by atoms with van der Waals surface area (Å²) in [6.45, 7) is 4.14. The Balaban J connectivity index is 0.000000198. The number of nitrogens with zero attached hydrogens (tertiary/aromatic N) is 2. The highest BCUT2D eigenvalue weighted by Crippen LogP contribution is 2.39. The SMILES string of the molecule is CCc1ccccc1NC(=O)CSc1ncc(-c2ccc(C)cc2)[nH]1.O=C(O)CSCC(=O)Nc1nc(-c2ccccc2)c(-c2ccccc2)s1. The second-order valence-corrected chi connectivity index (χ2v) is 14.1. The number of imidazole rings is 1. The van der Waals surface area contributed by atoms with Gasteiger partial charge in [0, 0.05) is 11.3 Å². The van der Waals surface area contributed by atoms with Crippen molar-refractivity contribution >= 4 is 63.5 Å². The van der Waals surface area contributed by atoms with Crippen LogP contribution in [0.15, 0.2) is 121 Å². The summed E-state index contributed by atoms with van der Waals surface area (Å²) < 4.78 is 0. The Bertz CT molecular complexity index is 1990. The van der Waals surface area contributed by atoms with Crippen LogP contribution in [0, 0.1) is 6.92 Å². The molecule has 9 nitrogen and oxygen atoms in total. The fraction of sp³-hybridized carbons (Fsp3) is 0.154. The number of carbonyl (C=O) groups is 3. The van der Waals surface area contributed by atoms with E-state index < -0.39 is 5.97 Å². The number of thiazole rings is 1. The minimum Gasteiger partial charge on any atom is -0.481 e. The number of anilines is 2. The highest BCUT2D eigenvalue weighted by molar-refractivity contribution is 8.00. The Morgan fingerprint density at radius 3 is 2.10 bits per heavy atom. The van der Waals surface area contributed by atoms with Crippen molar-refractivity contribution in [1.29, 1.82) is 0 Å². The summed E-state index contributed by atoms with van der Waals surface area (Å²) in [6.07, 6.45) is 2.69. The molecule has 0 atom stereocenters. The van der Waals surface area contributed by atoms with Crippen molar-refractivity contribution in [1.82, 2.24) is 15.0 Å². The molecule has 51 heavy (non-hydrogen) atoms. The van der Waals surface area contributed by atoms with Gasteiger partial charge in [0.25, 0.3) is 0 Å². The maximum absolute atomic E-state index is 12.2. The number of H-pyrrole nitrogens is 1. The molecule has 12 heteroatoms. The number of aromatic nitrogens is 3. The Kier molecular flexibility index (Phi) is 13.6. The molecule has 6 rings (SSSR count). The molecule has 2 heterocycles. The van der Waals surface area contributed by atoms with Crippen LogP contribution in [0.25, 0.3) is 33.0 Å². The predicted molar refractivity (Wildman–Crippen MR) is 211 cm³/mol. The molecule has 4 aromatic carbocycles. The zero-order valence-electron chi connectivity index (χ0n) is 28.1. The van der Waals surface area contributed by atoms with Crippen molar-refractivity contribution in [2.75, 3.05) is 27.9 Å². The molecule has 0 fully saturated rings. The zero-order valence-corrected chi connectivity index (χ0v) is 30.5. The summed E-state index contributed by atoms with van der Waals surface area (Å²) in [6, 6.07) is 35.8. The van der Waals surface area contributed by atoms with Crippen LogP contribution in [-0.2, 0) is 20.8 Å². The van der Waals surface area contributed by atoms with Crippen molar-refractivity contribution in [2.24, 2.45) is 0 Å². The number of para-hydroxylation sites is 1. The van der Waals surface area contributed by atoms with Crippen molar-refractivity contribution in [3.8, 4) is 33.0 Å². The first-order chi connectivity index (χ1) is 24.8. The molecule has 0 bridgehead atoms. The molecule has 0 aliphatic carbocycles. The van der Waals surface area contributed by atoms with E-state index in [1.54, 1.807) is 6.20 Å². The van der Waals surface area contributed by atoms with Crippen LogP contribution >= 0.6 is 34.9 Å². The third kappa shape index (κ3) is 11.2. The smallest absolute Gasteiger partial charge is 0.313 e. The first-order valence-electron chi connectivity index (χ1n) is 16.1. The van der Waals surface area contributed by atoms with E-state index >= 15 is 0 Å². The lowest BCUT2D eigenvalue weighted by molar-refractivity contribution is -0.133. The number of carboxylic acids is 1. The minimum absolute atomic E-state index is 0.0285. The number of carboxylic acid groups (broad SMARTS) is 1. The van der Waals surface area contributed by atoms with Crippen LogP contribution in [0.4, 0.5) is 10.8 Å². The Hall–Kier alpha value is -5.17. The first kappa shape index (κ1) is 37.1. The second-order valence-electron chi connectivity index (χ2n) is 11.2. The van der Waals surface area contributed by atoms with Gasteiger partial charge in [-0.05, 0) is 36.1 Å². The number of aromatic amines is 1. The maximum Gasteiger partial charge on any atom is 0.313 e. The van der Waals surface area contributed by atoms with Gasteiger partial charge in [0.15, 0.2) is 10.3 Å². The van der Waals surface area contributed by atoms with Gasteiger partial charge in [-0.25, -0.2) is 9.97 Å². The van der Waals surface area contributed by atoms with Crippen LogP contribution in [0.3, 0.4) is 0 Å². The molecule has 2 aromatic heterocycles. The summed E-state index contributed by atoms with van der Waals surface area (Å²) >= 11 is 3.87. The summed E-state index contributed by atoms with van der Waals surface area (Å²) in [5.41, 5.74) is 8.12. The van der Waals surface area contributed by atoms with Crippen LogP contribution in [0.5, 0.6) is 0 Å². The number of amides is 2. The molecule has 0 radical (unpaired) electrons. The number of benzene rings is 4. The van der Waals surface area contributed by atoms with E-state index in [4.69, 9.17) is 5.11 Å². The second kappa shape index (κ2) is 18.7. The lowest BCUT2D eigenvalue weighted by Crippen LogP contribution is -2.15. The maximum atomic E-state index is 12.2. The highest BCUT2D eigenvalue weighted by atomic mass is 32.2. The molecule has 0 saturated carbocycles. The molecule has 0 aliphatic heterocycles. The Morgan fingerprint density at radius 2 is 1.41 bits per heavy atom. The number of aryl methyl sites for hydroxylation is 2. The normalized spacial score (nSPS) is 10.5. The lowest BCUT2D eigenvalue weighted by Gasteiger charge is -2.08. The van der Waals surface area contributed by atoms with Crippen molar-refractivity contribution in [3.05, 3.63) is 127 Å². The average Bonchev–Trinajstić information content (AvgIpc) is 3.80. The molecule has 0 unspecified atom stereocenters. The first-order valence-corrected chi connectivity index (χ1v) is 19.1. The third-order valence-electron chi connectivity index (χ3n) is 7.34. The van der Waals surface area contributed by atoms with Gasteiger partial charge in [-0.1, -0.05) is 139 Å². The van der Waals surface area contributed by atoms with Crippen molar-refractivity contribution < 1.29 is 19.5 Å². The molecule has 0 spiro atoms. The molecule has 0 saturated heterocycles. The van der Waals surface area contributed by atoms with E-state index in [0.29, 0.717) is 10.9 Å². The van der Waals surface area contributed by atoms with Gasteiger partial charge in [0.2, 0.25) is 11.8 Å². The van der Waals surface area contributed by atoms with E-state index in [-0.39, 0.29) is 23.3 Å². The molecule has 260 valence electrons. The summed E-state index contributed by atoms with van der Waals surface area (Å²) in [5.74, 6) is -0.930. The summed E-state index contributed by atoms with van der Waals surface area (Å²) in [5, 5.41) is 15.6. The fourth-order valence-corrected chi connectivity index (χ4v) is 7.06. The van der Waals surface area contributed by atoms with E-state index in [9.17, 15) is 14.4 Å². The van der Waals surface area contributed by atoms with Gasteiger partial charge in [-0.3, -0.25) is 14.4 Å². The molecular weight excluding hydrogens is 699 g/mol. The molecule has 6 aromatic rings. The number of hydrogen-bond donors (Lipinski definition) is 4. The van der Waals surface area contributed by atoms with Gasteiger partial charge >= 0.3 is 5.97 Å². The zero-order chi connectivity index (χ0) is 36.0. The Morgan fingerprint density at radius 1 is 0.765 bits per heavy atom. The summed E-state index contributed by atoms with van der Waals surface area (Å²) in [4.78, 5) is 48.0. The van der Waals surface area contributed by atoms with Gasteiger partial charge in [0.05, 0.1) is 39.7 Å². The van der Waals surface area contributed by atoms with Crippen LogP contribution in [0.1, 0.15) is 18.1 Å². The quantitative estimate of drug-likeness (QED) is 0.0864. The molecule has 2 amide bonds. The van der Waals surface area contributed by atoms with E-state index in [1.165, 1.54) is 28.7 Å². The van der Waals surface area contributed by atoms with Crippen molar-refractivity contribution in [2.45, 2.75) is 25.4 Å².